The van der Waals surface area contributed by atoms with Crippen LogP contribution in [0, 0.1) is 0 Å². The van der Waals surface area contributed by atoms with Crippen molar-refractivity contribution in [1.82, 2.24) is 9.46 Å². The van der Waals surface area contributed by atoms with E-state index in [1.54, 1.807) is 36.4 Å². The summed E-state index contributed by atoms with van der Waals surface area (Å²) in [6.07, 6.45) is 2.15. The number of nitrogens with zero attached hydrogens (tertiary/aromatic N) is 3. The van der Waals surface area contributed by atoms with Crippen molar-refractivity contribution in [3.05, 3.63) is 60.3 Å². The van der Waals surface area contributed by atoms with Gasteiger partial charge in [0.15, 0.2) is 5.76 Å². The van der Waals surface area contributed by atoms with E-state index in [9.17, 15) is 18.0 Å². The van der Waals surface area contributed by atoms with E-state index in [4.69, 9.17) is 9.26 Å². The Hall–Kier alpha value is -3.54. The highest BCUT2D eigenvalue weighted by Crippen LogP contribution is 2.31. The number of carbonyl (C=O) groups is 2. The molecule has 2 aromatic carbocycles. The quantitative estimate of drug-likeness (QED) is 0.556. The smallest absolute Gasteiger partial charge is 0.244 e. The first kappa shape index (κ1) is 23.2. The van der Waals surface area contributed by atoms with Gasteiger partial charge < -0.3 is 19.5 Å². The minimum Gasteiger partial charge on any atom is -0.379 e. The molecule has 0 atom stereocenters. The van der Waals surface area contributed by atoms with Gasteiger partial charge in [-0.15, -0.1) is 0 Å². The minimum atomic E-state index is -3.65. The molecule has 10 nitrogen and oxygen atoms in total. The number of aryl methyl sites for hydroxylation is 1. The minimum absolute atomic E-state index is 0.182. The van der Waals surface area contributed by atoms with Crippen LogP contribution in [-0.2, 0) is 30.8 Å². The van der Waals surface area contributed by atoms with E-state index in [2.05, 4.69) is 10.5 Å². The van der Waals surface area contributed by atoms with Gasteiger partial charge in [0.05, 0.1) is 24.3 Å². The zero-order valence-corrected chi connectivity index (χ0v) is 19.7. The van der Waals surface area contributed by atoms with Crippen LogP contribution in [0.25, 0.3) is 11.3 Å². The molecule has 3 heterocycles. The number of morpholine rings is 1. The SMILES string of the molecule is O=C(CN1C(=O)CCc2cc(S(=O)(=O)N3CCOCC3)ccc21)Nc1cccc(-c2ccno2)c1. The Morgan fingerprint density at radius 3 is 2.66 bits per heavy atom. The maximum atomic E-state index is 13.0. The zero-order chi connectivity index (χ0) is 24.4. The number of benzene rings is 2. The van der Waals surface area contributed by atoms with Gasteiger partial charge in [0.1, 0.15) is 6.54 Å². The second-order valence-electron chi connectivity index (χ2n) is 8.29. The van der Waals surface area contributed by atoms with E-state index in [1.165, 1.54) is 21.5 Å². The molecule has 0 spiro atoms. The number of hydrogen-bond donors (Lipinski definition) is 1. The molecule has 5 rings (SSSR count). The number of nitrogens with one attached hydrogen (secondary N) is 1. The topological polar surface area (TPSA) is 122 Å². The molecular formula is C24H24N4O6S. The highest BCUT2D eigenvalue weighted by atomic mass is 32.2. The van der Waals surface area contributed by atoms with E-state index in [-0.39, 0.29) is 29.7 Å². The second kappa shape index (κ2) is 9.61. The number of sulfonamides is 1. The van der Waals surface area contributed by atoms with Crippen LogP contribution in [-0.4, -0.2) is 62.5 Å². The van der Waals surface area contributed by atoms with Crippen LogP contribution in [0.5, 0.6) is 0 Å². The fraction of sp³-hybridized carbons (Fsp3) is 0.292. The molecular weight excluding hydrogens is 472 g/mol. The molecule has 0 bridgehead atoms. The van der Waals surface area contributed by atoms with Crippen molar-refractivity contribution in [2.45, 2.75) is 17.7 Å². The summed E-state index contributed by atoms with van der Waals surface area (Å²) < 4.78 is 37.9. The molecule has 1 aromatic heterocycles. The molecule has 35 heavy (non-hydrogen) atoms. The lowest BCUT2D eigenvalue weighted by Gasteiger charge is -2.30. The molecule has 3 aromatic rings. The van der Waals surface area contributed by atoms with E-state index in [0.717, 1.165) is 11.1 Å². The molecule has 2 amide bonds. The predicted molar refractivity (Wildman–Crippen MR) is 127 cm³/mol. The number of hydrogen-bond acceptors (Lipinski definition) is 7. The summed E-state index contributed by atoms with van der Waals surface area (Å²) in [5.41, 5.74) is 2.58. The Morgan fingerprint density at radius 2 is 1.89 bits per heavy atom. The van der Waals surface area contributed by atoms with Gasteiger partial charge in [0, 0.05) is 42.5 Å². The van der Waals surface area contributed by atoms with Crippen molar-refractivity contribution >= 4 is 33.2 Å². The third kappa shape index (κ3) is 4.83. The maximum Gasteiger partial charge on any atom is 0.244 e. The zero-order valence-electron chi connectivity index (χ0n) is 18.8. The third-order valence-electron chi connectivity index (χ3n) is 6.03. The Bertz CT molecular complexity index is 1350. The summed E-state index contributed by atoms with van der Waals surface area (Å²) >= 11 is 0. The van der Waals surface area contributed by atoms with Crippen molar-refractivity contribution < 1.29 is 27.3 Å². The molecule has 2 aliphatic rings. The fourth-order valence-electron chi connectivity index (χ4n) is 4.27. The van der Waals surface area contributed by atoms with Crippen molar-refractivity contribution in [3.63, 3.8) is 0 Å². The number of aromatic nitrogens is 1. The van der Waals surface area contributed by atoms with Crippen LogP contribution in [0.1, 0.15) is 12.0 Å². The number of carbonyl (C=O) groups excluding carboxylic acids is 2. The summed E-state index contributed by atoms with van der Waals surface area (Å²) in [6, 6.07) is 13.6. The first-order chi connectivity index (χ1) is 16.9. The van der Waals surface area contributed by atoms with Gasteiger partial charge in [-0.05, 0) is 42.3 Å². The van der Waals surface area contributed by atoms with Gasteiger partial charge in [-0.2, -0.15) is 4.31 Å². The van der Waals surface area contributed by atoms with Crippen LogP contribution in [0.4, 0.5) is 11.4 Å². The summed E-state index contributed by atoms with van der Waals surface area (Å²) in [4.78, 5) is 27.1. The highest BCUT2D eigenvalue weighted by Gasteiger charge is 2.30. The predicted octanol–water partition coefficient (Wildman–Crippen LogP) is 2.28. The van der Waals surface area contributed by atoms with Crippen LogP contribution in [0.15, 0.2) is 64.1 Å². The lowest BCUT2D eigenvalue weighted by Crippen LogP contribution is -2.42. The van der Waals surface area contributed by atoms with E-state index < -0.39 is 10.0 Å². The Kier molecular flexibility index (Phi) is 6.37. The highest BCUT2D eigenvalue weighted by molar-refractivity contribution is 7.89. The van der Waals surface area contributed by atoms with Crippen LogP contribution >= 0.6 is 0 Å². The first-order valence-electron chi connectivity index (χ1n) is 11.2. The van der Waals surface area contributed by atoms with Gasteiger partial charge in [-0.25, -0.2) is 8.42 Å². The average molecular weight is 497 g/mol. The molecule has 1 saturated heterocycles. The second-order valence-corrected chi connectivity index (χ2v) is 10.2. The van der Waals surface area contributed by atoms with Crippen LogP contribution in [0.2, 0.25) is 0 Å². The molecule has 0 radical (unpaired) electrons. The van der Waals surface area contributed by atoms with Gasteiger partial charge in [0.2, 0.25) is 21.8 Å². The van der Waals surface area contributed by atoms with Crippen molar-refractivity contribution in [2.75, 3.05) is 43.1 Å². The Morgan fingerprint density at radius 1 is 1.06 bits per heavy atom. The maximum absolute atomic E-state index is 13.0. The average Bonchev–Trinajstić information content (AvgIpc) is 3.41. The largest absolute Gasteiger partial charge is 0.379 e. The number of fused-ring (bicyclic) bond motifs is 1. The van der Waals surface area contributed by atoms with Crippen molar-refractivity contribution in [2.24, 2.45) is 0 Å². The van der Waals surface area contributed by atoms with E-state index >= 15 is 0 Å². The molecule has 1 fully saturated rings. The molecule has 0 saturated carbocycles. The van der Waals surface area contributed by atoms with Gasteiger partial charge in [0.25, 0.3) is 0 Å². The lowest BCUT2D eigenvalue weighted by atomic mass is 10.0. The fourth-order valence-corrected chi connectivity index (χ4v) is 5.72. The lowest BCUT2D eigenvalue weighted by molar-refractivity contribution is -0.121. The Labute approximate surface area is 202 Å². The van der Waals surface area contributed by atoms with E-state index in [0.29, 0.717) is 49.9 Å². The standard InChI is InChI=1S/C24H24N4O6S/c29-23(26-19-3-1-2-18(14-19)22-8-9-25-34-22)16-28-21-6-5-20(15-17(21)4-7-24(28)30)35(31,32)27-10-12-33-13-11-27/h1-3,5-6,8-9,14-15H,4,7,10-13,16H2,(H,26,29). The van der Waals surface area contributed by atoms with Crippen molar-refractivity contribution in [1.29, 1.82) is 0 Å². The normalized spacial score (nSPS) is 16.7. The summed E-state index contributed by atoms with van der Waals surface area (Å²) in [5, 5.41) is 6.50. The summed E-state index contributed by atoms with van der Waals surface area (Å²) in [5.74, 6) is 0.0156. The molecule has 0 aliphatic carbocycles. The van der Waals surface area contributed by atoms with Crippen molar-refractivity contribution in [3.8, 4) is 11.3 Å². The molecule has 182 valence electrons. The summed E-state index contributed by atoms with van der Waals surface area (Å²) in [6.45, 7) is 1.16. The number of rotatable bonds is 6. The molecule has 0 unspecified atom stereocenters. The van der Waals surface area contributed by atoms with Gasteiger partial charge in [-0.3, -0.25) is 9.59 Å². The number of anilines is 2. The third-order valence-corrected chi connectivity index (χ3v) is 7.92. The molecule has 1 N–H and O–H groups in total. The van der Waals surface area contributed by atoms with Crippen LogP contribution in [0.3, 0.4) is 0 Å². The molecule has 11 heteroatoms. The van der Waals surface area contributed by atoms with E-state index in [1.807, 2.05) is 6.07 Å². The number of ether oxygens (including phenoxy) is 1. The molecule has 2 aliphatic heterocycles. The number of amides is 2. The Balaban J connectivity index is 1.33. The monoisotopic (exact) mass is 496 g/mol. The van der Waals surface area contributed by atoms with Crippen LogP contribution < -0.4 is 10.2 Å². The van der Waals surface area contributed by atoms with Gasteiger partial charge >= 0.3 is 0 Å². The summed E-state index contributed by atoms with van der Waals surface area (Å²) in [7, 11) is -3.65. The first-order valence-corrected chi connectivity index (χ1v) is 12.7. The van der Waals surface area contributed by atoms with Gasteiger partial charge in [-0.1, -0.05) is 17.3 Å².